The molecule has 1 saturated heterocycles. The highest BCUT2D eigenvalue weighted by atomic mass is 32.2. The Morgan fingerprint density at radius 2 is 1.85 bits per heavy atom. The zero-order valence-corrected chi connectivity index (χ0v) is 19.4. The Balaban J connectivity index is 1.75. The Labute approximate surface area is 193 Å². The molecule has 0 atom stereocenters. The van der Waals surface area contributed by atoms with Crippen molar-refractivity contribution in [2.24, 2.45) is 10.7 Å². The lowest BCUT2D eigenvalue weighted by Gasteiger charge is -2.25. The van der Waals surface area contributed by atoms with Gasteiger partial charge in [0.15, 0.2) is 9.84 Å². The van der Waals surface area contributed by atoms with Crippen LogP contribution in [0.1, 0.15) is 45.8 Å². The van der Waals surface area contributed by atoms with Gasteiger partial charge in [0.25, 0.3) is 5.91 Å². The van der Waals surface area contributed by atoms with E-state index in [9.17, 15) is 18.0 Å². The third-order valence-corrected chi connectivity index (χ3v) is 6.59. The molecule has 2 aromatic carbocycles. The van der Waals surface area contributed by atoms with E-state index in [2.05, 4.69) is 15.6 Å². The Hall–Kier alpha value is -3.24. The molecule has 0 unspecified atom stereocenters. The van der Waals surface area contributed by atoms with E-state index in [4.69, 9.17) is 10.5 Å². The van der Waals surface area contributed by atoms with Crippen molar-refractivity contribution in [2.75, 3.05) is 19.3 Å². The Bertz CT molecular complexity index is 1160. The van der Waals surface area contributed by atoms with E-state index < -0.39 is 27.8 Å². The number of carbonyl (C=O) groups is 2. The van der Waals surface area contributed by atoms with Gasteiger partial charge in [0.05, 0.1) is 4.90 Å². The lowest BCUT2D eigenvalue weighted by atomic mass is 9.88. The summed E-state index contributed by atoms with van der Waals surface area (Å²) in [6.07, 6.45) is 1.81. The average Bonchev–Trinajstić information content (AvgIpc) is 2.77. The molecule has 0 aliphatic carbocycles. The van der Waals surface area contributed by atoms with Gasteiger partial charge < -0.3 is 15.8 Å². The molecule has 9 nitrogen and oxygen atoms in total. The fraction of sp³-hybridized carbons (Fsp3) is 0.348. The maximum absolute atomic E-state index is 12.8. The summed E-state index contributed by atoms with van der Waals surface area (Å²) >= 11 is 0. The van der Waals surface area contributed by atoms with Crippen LogP contribution in [0.4, 0.5) is 4.79 Å². The van der Waals surface area contributed by atoms with Crippen LogP contribution < -0.4 is 16.4 Å². The molecule has 0 bridgehead atoms. The molecule has 33 heavy (non-hydrogen) atoms. The van der Waals surface area contributed by atoms with Crippen LogP contribution in [0.5, 0.6) is 0 Å². The van der Waals surface area contributed by atoms with Gasteiger partial charge in [-0.3, -0.25) is 10.1 Å². The zero-order chi connectivity index (χ0) is 24.0. The Kier molecular flexibility index (Phi) is 7.83. The van der Waals surface area contributed by atoms with Crippen molar-refractivity contribution in [3.63, 3.8) is 0 Å². The molecule has 10 heteroatoms. The van der Waals surface area contributed by atoms with Crippen molar-refractivity contribution in [1.82, 2.24) is 10.6 Å². The quantitative estimate of drug-likeness (QED) is 0.448. The normalized spacial score (nSPS) is 15.2. The first-order chi connectivity index (χ1) is 15.6. The summed E-state index contributed by atoms with van der Waals surface area (Å²) in [6.45, 7) is 3.36. The second kappa shape index (κ2) is 10.6. The molecular weight excluding hydrogens is 444 g/mol. The van der Waals surface area contributed by atoms with Crippen molar-refractivity contribution in [3.05, 3.63) is 64.7 Å². The number of hydrogen-bond acceptors (Lipinski definition) is 6. The van der Waals surface area contributed by atoms with E-state index in [-0.39, 0.29) is 23.0 Å². The smallest absolute Gasteiger partial charge is 0.437 e. The number of benzene rings is 2. The number of aliphatic imine (C=N–C) groups is 1. The fourth-order valence-electron chi connectivity index (χ4n) is 3.79. The van der Waals surface area contributed by atoms with Crippen molar-refractivity contribution in [3.8, 4) is 0 Å². The lowest BCUT2D eigenvalue weighted by molar-refractivity contribution is 0.0975. The third kappa shape index (κ3) is 6.62. The maximum atomic E-state index is 12.8. The molecule has 1 aliphatic heterocycles. The molecule has 2 amide bonds. The van der Waals surface area contributed by atoms with Crippen molar-refractivity contribution in [1.29, 1.82) is 0 Å². The number of nitrogens with zero attached hydrogens (tertiary/aromatic N) is 1. The summed E-state index contributed by atoms with van der Waals surface area (Å²) in [7, 11) is -3.57. The predicted molar refractivity (Wildman–Crippen MR) is 125 cm³/mol. The number of ether oxygens (including phenoxy) is 1. The number of sulfone groups is 1. The van der Waals surface area contributed by atoms with Crippen LogP contribution in [0.3, 0.4) is 0 Å². The summed E-state index contributed by atoms with van der Waals surface area (Å²) in [5.41, 5.74) is 7.94. The number of piperidine rings is 1. The van der Waals surface area contributed by atoms with Crippen LogP contribution in [0.25, 0.3) is 0 Å². The van der Waals surface area contributed by atoms with E-state index in [0.717, 1.165) is 43.3 Å². The summed E-state index contributed by atoms with van der Waals surface area (Å²) in [4.78, 5) is 28.3. The fourth-order valence-corrected chi connectivity index (χ4v) is 4.78. The molecule has 1 aliphatic rings. The molecule has 0 saturated carbocycles. The highest BCUT2D eigenvalue weighted by Crippen LogP contribution is 2.32. The van der Waals surface area contributed by atoms with Crippen LogP contribution >= 0.6 is 0 Å². The van der Waals surface area contributed by atoms with Gasteiger partial charge in [-0.25, -0.2) is 13.2 Å². The minimum Gasteiger partial charge on any atom is -0.443 e. The van der Waals surface area contributed by atoms with Gasteiger partial charge in [-0.2, -0.15) is 0 Å². The number of nitrogens with two attached hydrogens (primary N) is 1. The summed E-state index contributed by atoms with van der Waals surface area (Å²) in [5.74, 6) is -1.01. The molecule has 1 fully saturated rings. The summed E-state index contributed by atoms with van der Waals surface area (Å²) < 4.78 is 30.0. The molecule has 0 aromatic heterocycles. The van der Waals surface area contributed by atoms with E-state index in [1.807, 2.05) is 18.2 Å². The monoisotopic (exact) mass is 472 g/mol. The van der Waals surface area contributed by atoms with Crippen LogP contribution in [-0.2, 0) is 21.2 Å². The topological polar surface area (TPSA) is 140 Å². The predicted octanol–water partition coefficient (Wildman–Crippen LogP) is 2.25. The molecule has 4 N–H and O–H groups in total. The molecular formula is C23H28N4O5S. The minimum atomic E-state index is -3.57. The number of guanidine groups is 1. The second-order valence-electron chi connectivity index (χ2n) is 7.99. The average molecular weight is 473 g/mol. The van der Waals surface area contributed by atoms with E-state index >= 15 is 0 Å². The summed E-state index contributed by atoms with van der Waals surface area (Å²) in [5, 5.41) is 5.59. The zero-order valence-electron chi connectivity index (χ0n) is 18.6. The van der Waals surface area contributed by atoms with Gasteiger partial charge >= 0.3 is 6.09 Å². The van der Waals surface area contributed by atoms with Crippen LogP contribution in [0.2, 0.25) is 0 Å². The van der Waals surface area contributed by atoms with Crippen LogP contribution in [0, 0.1) is 6.92 Å². The van der Waals surface area contributed by atoms with Crippen LogP contribution in [0.15, 0.2) is 52.4 Å². The molecule has 0 radical (unpaired) electrons. The van der Waals surface area contributed by atoms with Crippen molar-refractivity contribution < 1.29 is 22.7 Å². The number of rotatable bonds is 5. The number of hydrogen-bond donors (Lipinski definition) is 3. The van der Waals surface area contributed by atoms with Gasteiger partial charge in [-0.15, -0.1) is 4.99 Å². The first-order valence-electron chi connectivity index (χ1n) is 10.6. The maximum Gasteiger partial charge on any atom is 0.437 e. The largest absolute Gasteiger partial charge is 0.443 e. The SMILES string of the molecule is Cc1cc(C2CCNCC2)c(S(C)(=O)=O)cc1C(=O)N/C(N)=N\C(=O)OCc1ccccc1. The minimum absolute atomic E-state index is 0.0133. The van der Waals surface area contributed by atoms with Gasteiger partial charge in [-0.05, 0) is 61.5 Å². The standard InChI is InChI=1S/C23H28N4O5S/c1-15-12-19(17-8-10-25-11-9-17)20(33(2,30)31)13-18(15)21(28)26-22(24)27-23(29)32-14-16-6-4-3-5-7-16/h3-7,12-13,17,25H,8-11,14H2,1-2H3,(H3,24,26,27,28,29). The number of nitrogens with one attached hydrogen (secondary N) is 2. The second-order valence-corrected chi connectivity index (χ2v) is 9.98. The Morgan fingerprint density at radius 1 is 1.18 bits per heavy atom. The summed E-state index contributed by atoms with van der Waals surface area (Å²) in [6, 6.07) is 12.2. The van der Waals surface area contributed by atoms with Gasteiger partial charge in [0, 0.05) is 11.8 Å². The number of aryl methyl sites for hydroxylation is 1. The highest BCUT2D eigenvalue weighted by molar-refractivity contribution is 7.90. The molecule has 2 aromatic rings. The Morgan fingerprint density at radius 3 is 2.48 bits per heavy atom. The number of amides is 2. The van der Waals surface area contributed by atoms with Gasteiger partial charge in [-0.1, -0.05) is 36.4 Å². The first-order valence-corrected chi connectivity index (χ1v) is 12.5. The van der Waals surface area contributed by atoms with Gasteiger partial charge in [0.2, 0.25) is 5.96 Å². The van der Waals surface area contributed by atoms with Crippen molar-refractivity contribution >= 4 is 27.8 Å². The molecule has 3 rings (SSSR count). The molecule has 0 spiro atoms. The van der Waals surface area contributed by atoms with Crippen LogP contribution in [-0.4, -0.2) is 45.7 Å². The lowest BCUT2D eigenvalue weighted by Crippen LogP contribution is -2.38. The number of carbonyl (C=O) groups excluding carboxylic acids is 2. The van der Waals surface area contributed by atoms with Gasteiger partial charge in [0.1, 0.15) is 6.61 Å². The first kappa shape index (κ1) is 24.4. The highest BCUT2D eigenvalue weighted by Gasteiger charge is 2.25. The third-order valence-electron chi connectivity index (χ3n) is 5.44. The molecule has 176 valence electrons. The van der Waals surface area contributed by atoms with E-state index in [0.29, 0.717) is 5.56 Å². The van der Waals surface area contributed by atoms with E-state index in [1.54, 1.807) is 25.1 Å². The van der Waals surface area contributed by atoms with Crippen molar-refractivity contribution in [2.45, 2.75) is 37.2 Å². The van der Waals surface area contributed by atoms with E-state index in [1.165, 1.54) is 6.07 Å². The molecule has 1 heterocycles.